The SMILES string of the molecule is Cc1ccc(-c2c(C)c3c(c(C)c2C(OC(C)(C)C)C(=O)O)CN(C(=O)C2(C)CCCCC2)C3)cc1. The van der Waals surface area contributed by atoms with Crippen LogP contribution in [0.15, 0.2) is 24.3 Å². The van der Waals surface area contributed by atoms with Gasteiger partial charge in [0.15, 0.2) is 6.10 Å². The molecule has 1 aliphatic carbocycles. The second-order valence-electron chi connectivity index (χ2n) is 12.1. The van der Waals surface area contributed by atoms with Crippen molar-refractivity contribution in [3.05, 3.63) is 57.6 Å². The first-order chi connectivity index (χ1) is 16.8. The number of ether oxygens (including phenoxy) is 1. The van der Waals surface area contributed by atoms with Crippen LogP contribution in [0.5, 0.6) is 0 Å². The summed E-state index contributed by atoms with van der Waals surface area (Å²) in [4.78, 5) is 28.3. The number of hydrogen-bond donors (Lipinski definition) is 1. The van der Waals surface area contributed by atoms with E-state index < -0.39 is 17.7 Å². The lowest BCUT2D eigenvalue weighted by Crippen LogP contribution is -2.40. The van der Waals surface area contributed by atoms with Gasteiger partial charge in [0.25, 0.3) is 0 Å². The molecule has 0 saturated heterocycles. The number of aliphatic carboxylic acids is 1. The third kappa shape index (κ3) is 4.95. The van der Waals surface area contributed by atoms with Crippen LogP contribution in [0.2, 0.25) is 0 Å². The van der Waals surface area contributed by atoms with Crippen molar-refractivity contribution in [3.63, 3.8) is 0 Å². The highest BCUT2D eigenvalue weighted by atomic mass is 16.5. The number of aryl methyl sites for hydroxylation is 1. The number of carboxylic acid groups (broad SMARTS) is 1. The number of rotatable bonds is 5. The standard InChI is InChI=1S/C31H41NO4/c1-19-11-13-22(14-12-19)25-20(2)23-17-32(29(35)31(7)15-9-8-10-16-31)18-24(23)21(3)26(25)27(28(33)34)36-30(4,5)6/h11-14,27H,8-10,15-18H2,1-7H3,(H,33,34). The Morgan fingerprint density at radius 1 is 0.944 bits per heavy atom. The van der Waals surface area contributed by atoms with Crippen LogP contribution in [0.25, 0.3) is 11.1 Å². The lowest BCUT2D eigenvalue weighted by atomic mass is 9.74. The molecule has 2 aromatic carbocycles. The lowest BCUT2D eigenvalue weighted by molar-refractivity contribution is -0.160. The van der Waals surface area contributed by atoms with Gasteiger partial charge in [-0.3, -0.25) is 4.79 Å². The van der Waals surface area contributed by atoms with E-state index in [0.29, 0.717) is 18.7 Å². The zero-order chi connectivity index (χ0) is 26.4. The molecule has 1 atom stereocenters. The molecule has 2 aliphatic rings. The van der Waals surface area contributed by atoms with E-state index in [-0.39, 0.29) is 11.3 Å². The van der Waals surface area contributed by atoms with Crippen LogP contribution in [0.4, 0.5) is 0 Å². The van der Waals surface area contributed by atoms with Crippen LogP contribution in [0.1, 0.15) is 99.3 Å². The van der Waals surface area contributed by atoms with Crippen molar-refractivity contribution < 1.29 is 19.4 Å². The highest BCUT2D eigenvalue weighted by Gasteiger charge is 2.41. The Hall–Kier alpha value is -2.66. The predicted octanol–water partition coefficient (Wildman–Crippen LogP) is 7.03. The van der Waals surface area contributed by atoms with Crippen molar-refractivity contribution in [3.8, 4) is 11.1 Å². The first kappa shape index (κ1) is 26.4. The summed E-state index contributed by atoms with van der Waals surface area (Å²) in [5.41, 5.74) is 7.01. The van der Waals surface area contributed by atoms with Gasteiger partial charge in [-0.25, -0.2) is 4.79 Å². The second kappa shape index (κ2) is 9.66. The monoisotopic (exact) mass is 491 g/mol. The Bertz CT molecular complexity index is 1170. The summed E-state index contributed by atoms with van der Waals surface area (Å²) < 4.78 is 6.17. The van der Waals surface area contributed by atoms with Gasteiger partial charge in [-0.1, -0.05) is 56.0 Å². The van der Waals surface area contributed by atoms with Crippen LogP contribution in [-0.4, -0.2) is 27.5 Å². The maximum atomic E-state index is 13.7. The third-order valence-corrected chi connectivity index (χ3v) is 8.07. The van der Waals surface area contributed by atoms with Gasteiger partial charge in [0.2, 0.25) is 5.91 Å². The van der Waals surface area contributed by atoms with Crippen LogP contribution >= 0.6 is 0 Å². The highest BCUT2D eigenvalue weighted by molar-refractivity contribution is 5.86. The van der Waals surface area contributed by atoms with Gasteiger partial charge in [-0.15, -0.1) is 0 Å². The molecule has 5 heteroatoms. The first-order valence-corrected chi connectivity index (χ1v) is 13.2. The fourth-order valence-electron chi connectivity index (χ4n) is 6.10. The minimum atomic E-state index is -1.11. The number of fused-ring (bicyclic) bond motifs is 1. The smallest absolute Gasteiger partial charge is 0.337 e. The van der Waals surface area contributed by atoms with Gasteiger partial charge in [-0.05, 0) is 87.8 Å². The Morgan fingerprint density at radius 3 is 2.03 bits per heavy atom. The van der Waals surface area contributed by atoms with Crippen molar-refractivity contribution >= 4 is 11.9 Å². The van der Waals surface area contributed by atoms with Gasteiger partial charge in [0.1, 0.15) is 0 Å². The molecule has 1 fully saturated rings. The summed E-state index contributed by atoms with van der Waals surface area (Å²) in [6.07, 6.45) is 4.19. The molecule has 1 saturated carbocycles. The van der Waals surface area contributed by atoms with Crippen molar-refractivity contribution in [2.24, 2.45) is 5.41 Å². The van der Waals surface area contributed by atoms with Gasteiger partial charge < -0.3 is 14.7 Å². The van der Waals surface area contributed by atoms with E-state index >= 15 is 0 Å². The molecule has 0 bridgehead atoms. The molecular formula is C31H41NO4. The number of hydrogen-bond acceptors (Lipinski definition) is 3. The largest absolute Gasteiger partial charge is 0.479 e. The average molecular weight is 492 g/mol. The van der Waals surface area contributed by atoms with Crippen molar-refractivity contribution in [2.45, 2.75) is 105 Å². The molecule has 0 aromatic heterocycles. The summed E-state index contributed by atoms with van der Waals surface area (Å²) in [6.45, 7) is 15.0. The molecule has 5 nitrogen and oxygen atoms in total. The number of amides is 1. The highest BCUT2D eigenvalue weighted by Crippen LogP contribution is 2.45. The molecular weight excluding hydrogens is 450 g/mol. The lowest BCUT2D eigenvalue weighted by Gasteiger charge is -2.35. The van der Waals surface area contributed by atoms with Crippen LogP contribution in [0.3, 0.4) is 0 Å². The number of benzene rings is 2. The molecule has 1 amide bonds. The number of nitrogens with zero attached hydrogens (tertiary/aromatic N) is 1. The molecule has 1 aliphatic heterocycles. The maximum Gasteiger partial charge on any atom is 0.337 e. The Morgan fingerprint density at radius 2 is 1.50 bits per heavy atom. The molecule has 1 unspecified atom stereocenters. The fraction of sp³-hybridized carbons (Fsp3) is 0.548. The van der Waals surface area contributed by atoms with E-state index in [1.54, 1.807) is 0 Å². The molecule has 194 valence electrons. The maximum absolute atomic E-state index is 13.7. The molecule has 0 spiro atoms. The van der Waals surface area contributed by atoms with Crippen molar-refractivity contribution in [2.75, 3.05) is 0 Å². The van der Waals surface area contributed by atoms with E-state index in [2.05, 4.69) is 38.1 Å². The summed E-state index contributed by atoms with van der Waals surface area (Å²) in [6, 6.07) is 8.23. The van der Waals surface area contributed by atoms with E-state index in [0.717, 1.165) is 64.6 Å². The summed E-state index contributed by atoms with van der Waals surface area (Å²) in [5.74, 6) is -0.766. The molecule has 2 aromatic rings. The Labute approximate surface area is 215 Å². The topological polar surface area (TPSA) is 66.8 Å². The predicted molar refractivity (Wildman–Crippen MR) is 143 cm³/mol. The summed E-state index contributed by atoms with van der Waals surface area (Å²) >= 11 is 0. The zero-order valence-corrected chi connectivity index (χ0v) is 23.0. The number of carboxylic acids is 1. The normalized spacial score (nSPS) is 18.1. The first-order valence-electron chi connectivity index (χ1n) is 13.2. The summed E-state index contributed by atoms with van der Waals surface area (Å²) in [7, 11) is 0. The molecule has 1 heterocycles. The van der Waals surface area contributed by atoms with Crippen LogP contribution in [-0.2, 0) is 27.4 Å². The second-order valence-corrected chi connectivity index (χ2v) is 12.1. The molecule has 4 rings (SSSR count). The van der Waals surface area contributed by atoms with E-state index in [1.165, 1.54) is 6.42 Å². The average Bonchev–Trinajstić information content (AvgIpc) is 3.26. The Kier molecular flexibility index (Phi) is 7.09. The van der Waals surface area contributed by atoms with Gasteiger partial charge in [0.05, 0.1) is 5.60 Å². The minimum Gasteiger partial charge on any atom is -0.479 e. The Balaban J connectivity index is 1.87. The zero-order valence-electron chi connectivity index (χ0n) is 23.0. The van der Waals surface area contributed by atoms with Crippen LogP contribution in [0, 0.1) is 26.2 Å². The molecule has 1 N–H and O–H groups in total. The quantitative estimate of drug-likeness (QED) is 0.487. The molecule has 0 radical (unpaired) electrons. The molecule has 36 heavy (non-hydrogen) atoms. The van der Waals surface area contributed by atoms with Gasteiger partial charge in [-0.2, -0.15) is 0 Å². The van der Waals surface area contributed by atoms with Gasteiger partial charge in [0, 0.05) is 24.1 Å². The van der Waals surface area contributed by atoms with Crippen molar-refractivity contribution in [1.82, 2.24) is 4.90 Å². The number of carbonyl (C=O) groups excluding carboxylic acids is 1. The van der Waals surface area contributed by atoms with E-state index in [4.69, 9.17) is 4.74 Å². The van der Waals surface area contributed by atoms with Crippen molar-refractivity contribution in [1.29, 1.82) is 0 Å². The van der Waals surface area contributed by atoms with E-state index in [1.807, 2.05) is 39.5 Å². The minimum absolute atomic E-state index is 0.233. The summed E-state index contributed by atoms with van der Waals surface area (Å²) in [5, 5.41) is 10.3. The fourth-order valence-corrected chi connectivity index (χ4v) is 6.10. The number of carbonyl (C=O) groups is 2. The van der Waals surface area contributed by atoms with Crippen LogP contribution < -0.4 is 0 Å². The third-order valence-electron chi connectivity index (χ3n) is 8.07. The van der Waals surface area contributed by atoms with Gasteiger partial charge >= 0.3 is 5.97 Å². The van der Waals surface area contributed by atoms with E-state index in [9.17, 15) is 14.7 Å².